The van der Waals surface area contributed by atoms with Gasteiger partial charge in [-0.15, -0.1) is 0 Å². The van der Waals surface area contributed by atoms with Crippen LogP contribution in [0, 0.1) is 6.92 Å². The van der Waals surface area contributed by atoms with Gasteiger partial charge in [0.25, 0.3) is 0 Å². The summed E-state index contributed by atoms with van der Waals surface area (Å²) in [6.07, 6.45) is 0. The van der Waals surface area contributed by atoms with Crippen molar-refractivity contribution in [1.29, 1.82) is 0 Å². The Kier molecular flexibility index (Phi) is 2.78. The monoisotopic (exact) mass is 219 g/mol. The van der Waals surface area contributed by atoms with Crippen LogP contribution in [-0.4, -0.2) is 40.1 Å². The zero-order chi connectivity index (χ0) is 11.7. The number of aryl methyl sites for hydroxylation is 1. The lowest BCUT2D eigenvalue weighted by Crippen LogP contribution is -2.19. The number of pyridine rings is 1. The molecule has 2 N–H and O–H groups in total. The van der Waals surface area contributed by atoms with Crippen LogP contribution in [0.4, 0.5) is 5.95 Å². The van der Waals surface area contributed by atoms with Crippen LogP contribution < -0.4 is 5.73 Å². The van der Waals surface area contributed by atoms with Gasteiger partial charge in [-0.05, 0) is 33.2 Å². The fourth-order valence-corrected chi connectivity index (χ4v) is 1.63. The fraction of sp³-hybridized carbons (Fsp3) is 0.455. The highest BCUT2D eigenvalue weighted by molar-refractivity contribution is 5.74. The molecule has 0 spiro atoms. The smallest absolute Gasteiger partial charge is 0.202 e. The minimum atomic E-state index is 0.537. The highest BCUT2D eigenvalue weighted by Gasteiger charge is 2.09. The predicted molar refractivity (Wildman–Crippen MR) is 65.2 cm³/mol. The Balaban J connectivity index is 2.42. The van der Waals surface area contributed by atoms with Gasteiger partial charge < -0.3 is 10.6 Å². The zero-order valence-corrected chi connectivity index (χ0v) is 9.94. The first kappa shape index (κ1) is 10.9. The van der Waals surface area contributed by atoms with Crippen molar-refractivity contribution in [1.82, 2.24) is 19.4 Å². The molecule has 0 fully saturated rings. The SMILES string of the molecule is Cc1ccc2nc(N)n(CCN(C)C)c2n1. The van der Waals surface area contributed by atoms with E-state index in [0.29, 0.717) is 5.95 Å². The van der Waals surface area contributed by atoms with Crippen LogP contribution in [0.25, 0.3) is 11.2 Å². The van der Waals surface area contributed by atoms with Crippen LogP contribution in [0.2, 0.25) is 0 Å². The van der Waals surface area contributed by atoms with Gasteiger partial charge in [0.2, 0.25) is 5.95 Å². The summed E-state index contributed by atoms with van der Waals surface area (Å²) in [7, 11) is 4.07. The Bertz CT molecular complexity index is 500. The first-order valence-electron chi connectivity index (χ1n) is 5.32. The largest absolute Gasteiger partial charge is 0.369 e. The Morgan fingerprint density at radius 3 is 2.75 bits per heavy atom. The molecule has 2 rings (SSSR count). The number of nitrogen functional groups attached to an aromatic ring is 1. The average molecular weight is 219 g/mol. The van der Waals surface area contributed by atoms with Crippen molar-refractivity contribution in [3.63, 3.8) is 0 Å². The Labute approximate surface area is 94.9 Å². The fourth-order valence-electron chi connectivity index (χ4n) is 1.63. The minimum absolute atomic E-state index is 0.537. The molecule has 0 aliphatic heterocycles. The molecule has 0 aliphatic carbocycles. The van der Waals surface area contributed by atoms with Gasteiger partial charge in [-0.2, -0.15) is 0 Å². The van der Waals surface area contributed by atoms with Gasteiger partial charge in [0.05, 0.1) is 0 Å². The molecule has 5 heteroatoms. The summed E-state index contributed by atoms with van der Waals surface area (Å²) in [5.74, 6) is 0.537. The predicted octanol–water partition coefficient (Wildman–Crippen LogP) is 0.884. The number of nitrogens with two attached hydrogens (primary N) is 1. The third-order valence-corrected chi connectivity index (χ3v) is 2.53. The van der Waals surface area contributed by atoms with E-state index < -0.39 is 0 Å². The third-order valence-electron chi connectivity index (χ3n) is 2.53. The number of fused-ring (bicyclic) bond motifs is 1. The summed E-state index contributed by atoms with van der Waals surface area (Å²) < 4.78 is 1.96. The van der Waals surface area contributed by atoms with E-state index in [2.05, 4.69) is 14.9 Å². The summed E-state index contributed by atoms with van der Waals surface area (Å²) in [6, 6.07) is 3.91. The number of hydrogen-bond acceptors (Lipinski definition) is 4. The van der Waals surface area contributed by atoms with Crippen molar-refractivity contribution in [3.05, 3.63) is 17.8 Å². The number of nitrogens with zero attached hydrogens (tertiary/aromatic N) is 4. The highest BCUT2D eigenvalue weighted by Crippen LogP contribution is 2.15. The molecule has 2 heterocycles. The normalized spacial score (nSPS) is 11.5. The second-order valence-electron chi connectivity index (χ2n) is 4.22. The number of hydrogen-bond donors (Lipinski definition) is 1. The molecule has 0 amide bonds. The average Bonchev–Trinajstić information content (AvgIpc) is 2.51. The van der Waals surface area contributed by atoms with Gasteiger partial charge in [-0.1, -0.05) is 0 Å². The van der Waals surface area contributed by atoms with E-state index in [1.165, 1.54) is 0 Å². The molecule has 0 atom stereocenters. The third kappa shape index (κ3) is 1.99. The van der Waals surface area contributed by atoms with E-state index in [1.807, 2.05) is 37.7 Å². The topological polar surface area (TPSA) is 60.0 Å². The molecule has 0 aromatic carbocycles. The van der Waals surface area contributed by atoms with E-state index in [-0.39, 0.29) is 0 Å². The summed E-state index contributed by atoms with van der Waals surface area (Å²) in [5, 5.41) is 0. The minimum Gasteiger partial charge on any atom is -0.369 e. The lowest BCUT2D eigenvalue weighted by atomic mass is 10.3. The summed E-state index contributed by atoms with van der Waals surface area (Å²) in [4.78, 5) is 10.9. The van der Waals surface area contributed by atoms with Gasteiger partial charge in [0, 0.05) is 18.8 Å². The molecule has 86 valence electrons. The van der Waals surface area contributed by atoms with Crippen LogP contribution in [-0.2, 0) is 6.54 Å². The number of imidazole rings is 1. The maximum atomic E-state index is 5.88. The summed E-state index contributed by atoms with van der Waals surface area (Å²) >= 11 is 0. The quantitative estimate of drug-likeness (QED) is 0.832. The number of aromatic nitrogens is 3. The maximum absolute atomic E-state index is 5.88. The van der Waals surface area contributed by atoms with Crippen molar-refractivity contribution in [3.8, 4) is 0 Å². The van der Waals surface area contributed by atoms with E-state index in [9.17, 15) is 0 Å². The van der Waals surface area contributed by atoms with Gasteiger partial charge >= 0.3 is 0 Å². The molecule has 0 radical (unpaired) electrons. The van der Waals surface area contributed by atoms with E-state index in [4.69, 9.17) is 5.73 Å². The van der Waals surface area contributed by atoms with Crippen LogP contribution >= 0.6 is 0 Å². The van der Waals surface area contributed by atoms with E-state index in [0.717, 1.165) is 29.9 Å². The first-order valence-corrected chi connectivity index (χ1v) is 5.32. The second kappa shape index (κ2) is 4.09. The molecule has 2 aromatic heterocycles. The lowest BCUT2D eigenvalue weighted by molar-refractivity contribution is 0.387. The summed E-state index contributed by atoms with van der Waals surface area (Å²) in [6.45, 7) is 3.70. The molecule has 0 saturated carbocycles. The van der Waals surface area contributed by atoms with Gasteiger partial charge in [-0.3, -0.25) is 4.57 Å². The molecule has 2 aromatic rings. The Morgan fingerprint density at radius 1 is 1.31 bits per heavy atom. The van der Waals surface area contributed by atoms with Crippen LogP contribution in [0.1, 0.15) is 5.69 Å². The van der Waals surface area contributed by atoms with Gasteiger partial charge in [-0.25, -0.2) is 9.97 Å². The molecular formula is C11H17N5. The molecule has 5 nitrogen and oxygen atoms in total. The molecule has 0 saturated heterocycles. The Morgan fingerprint density at radius 2 is 2.06 bits per heavy atom. The van der Waals surface area contributed by atoms with Crippen molar-refractivity contribution in [2.75, 3.05) is 26.4 Å². The van der Waals surface area contributed by atoms with Gasteiger partial charge in [0.15, 0.2) is 5.65 Å². The lowest BCUT2D eigenvalue weighted by Gasteiger charge is -2.11. The standard InChI is InChI=1S/C11H17N5/c1-8-4-5-9-10(13-8)16(11(12)14-9)7-6-15(2)3/h4-5H,6-7H2,1-3H3,(H2,12,14). The molecule has 0 bridgehead atoms. The van der Waals surface area contributed by atoms with Crippen molar-refractivity contribution < 1.29 is 0 Å². The van der Waals surface area contributed by atoms with Crippen molar-refractivity contribution in [2.24, 2.45) is 0 Å². The maximum Gasteiger partial charge on any atom is 0.202 e. The number of likely N-dealkylation sites (N-methyl/N-ethyl adjacent to an activating group) is 1. The van der Waals surface area contributed by atoms with Gasteiger partial charge in [0.1, 0.15) is 5.52 Å². The highest BCUT2D eigenvalue weighted by atomic mass is 15.2. The molecule has 0 unspecified atom stereocenters. The van der Waals surface area contributed by atoms with E-state index >= 15 is 0 Å². The molecule has 16 heavy (non-hydrogen) atoms. The zero-order valence-electron chi connectivity index (χ0n) is 9.94. The number of rotatable bonds is 3. The van der Waals surface area contributed by atoms with Crippen molar-refractivity contribution >= 4 is 17.1 Å². The second-order valence-corrected chi connectivity index (χ2v) is 4.22. The Hall–Kier alpha value is -1.62. The van der Waals surface area contributed by atoms with E-state index in [1.54, 1.807) is 0 Å². The van der Waals surface area contributed by atoms with Crippen LogP contribution in [0.5, 0.6) is 0 Å². The molecular weight excluding hydrogens is 202 g/mol. The first-order chi connectivity index (χ1) is 7.58. The van der Waals surface area contributed by atoms with Crippen molar-refractivity contribution in [2.45, 2.75) is 13.5 Å². The van der Waals surface area contributed by atoms with Crippen LogP contribution in [0.15, 0.2) is 12.1 Å². The summed E-state index contributed by atoms with van der Waals surface area (Å²) in [5.41, 5.74) is 8.60. The molecule has 0 aliphatic rings. The number of anilines is 1. The van der Waals surface area contributed by atoms with Crippen LogP contribution in [0.3, 0.4) is 0 Å².